The van der Waals surface area contributed by atoms with Crippen LogP contribution < -0.4 is 9.47 Å². The van der Waals surface area contributed by atoms with Gasteiger partial charge in [0.2, 0.25) is 12.3 Å². The molecule has 0 atom stereocenters. The average molecular weight is 380 g/mol. The molecule has 4 nitrogen and oxygen atoms in total. The van der Waals surface area contributed by atoms with E-state index in [1.54, 1.807) is 0 Å². The van der Waals surface area contributed by atoms with Crippen LogP contribution in [0.5, 0.6) is 0 Å². The third-order valence-corrected chi connectivity index (χ3v) is 5.13. The molecule has 0 bridgehead atoms. The molecule has 0 radical (unpaired) electrons. The molecule has 5 heteroatoms. The van der Waals surface area contributed by atoms with E-state index in [9.17, 15) is 9.18 Å². The van der Waals surface area contributed by atoms with Crippen LogP contribution in [-0.2, 0) is 19.5 Å². The summed E-state index contributed by atoms with van der Waals surface area (Å²) in [5.41, 5.74) is 4.99. The highest BCUT2D eigenvalue weighted by molar-refractivity contribution is 5.96. The molecule has 0 saturated carbocycles. The zero-order valence-electron chi connectivity index (χ0n) is 16.9. The van der Waals surface area contributed by atoms with E-state index in [0.29, 0.717) is 6.54 Å². The number of aromatic nitrogens is 2. The van der Waals surface area contributed by atoms with Crippen molar-refractivity contribution in [3.05, 3.63) is 83.2 Å². The highest BCUT2D eigenvalue weighted by Gasteiger charge is 2.19. The maximum Gasteiger partial charge on any atom is 0.229 e. The van der Waals surface area contributed by atoms with Crippen molar-refractivity contribution in [2.24, 2.45) is 0 Å². The Bertz CT molecular complexity index is 957. The standard InChI is InChI=1S/C23H27FN3O/c1-17-15-22(23(28)16-26-12-10-21(11-13-26)25(3)4)18(2)27(17)14-9-19-5-7-20(24)8-6-19/h5-8,10-13,15H,9,14,16H2,1-4H3/q+1. The molecule has 0 unspecified atom stereocenters. The van der Waals surface area contributed by atoms with Crippen molar-refractivity contribution < 1.29 is 13.8 Å². The number of Topliss-reactive ketones (excluding diaryl/α,β-unsaturated/α-hetero) is 1. The van der Waals surface area contributed by atoms with Gasteiger partial charge in [-0.25, -0.2) is 4.39 Å². The summed E-state index contributed by atoms with van der Waals surface area (Å²) in [5, 5.41) is 0. The second-order valence-electron chi connectivity index (χ2n) is 7.36. The molecule has 0 fully saturated rings. The first-order valence-electron chi connectivity index (χ1n) is 9.46. The molecule has 3 rings (SSSR count). The second kappa shape index (κ2) is 8.38. The predicted molar refractivity (Wildman–Crippen MR) is 109 cm³/mol. The summed E-state index contributed by atoms with van der Waals surface area (Å²) in [7, 11) is 3.98. The Balaban J connectivity index is 1.71. The fourth-order valence-electron chi connectivity index (χ4n) is 3.42. The summed E-state index contributed by atoms with van der Waals surface area (Å²) < 4.78 is 17.1. The minimum absolute atomic E-state index is 0.101. The van der Waals surface area contributed by atoms with Crippen LogP contribution in [0.1, 0.15) is 27.3 Å². The Hall–Kier alpha value is -2.95. The number of pyridine rings is 1. The molecule has 146 valence electrons. The van der Waals surface area contributed by atoms with Crippen molar-refractivity contribution in [2.75, 3.05) is 19.0 Å². The van der Waals surface area contributed by atoms with Gasteiger partial charge in [-0.1, -0.05) is 12.1 Å². The summed E-state index contributed by atoms with van der Waals surface area (Å²) in [6.07, 6.45) is 4.66. The van der Waals surface area contributed by atoms with Gasteiger partial charge < -0.3 is 9.47 Å². The fourth-order valence-corrected chi connectivity index (χ4v) is 3.42. The largest absolute Gasteiger partial charge is 0.377 e. The van der Waals surface area contributed by atoms with E-state index in [2.05, 4.69) is 4.57 Å². The number of aryl methyl sites for hydroxylation is 2. The van der Waals surface area contributed by atoms with E-state index in [4.69, 9.17) is 0 Å². The van der Waals surface area contributed by atoms with Crippen LogP contribution in [0.15, 0.2) is 54.9 Å². The van der Waals surface area contributed by atoms with Crippen molar-refractivity contribution >= 4 is 11.5 Å². The lowest BCUT2D eigenvalue weighted by atomic mass is 10.1. The zero-order valence-corrected chi connectivity index (χ0v) is 16.9. The Morgan fingerprint density at radius 1 is 1.07 bits per heavy atom. The number of halogens is 1. The SMILES string of the molecule is Cc1cc(C(=O)C[n+]2ccc(N(C)C)cc2)c(C)n1CCc1ccc(F)cc1. The monoisotopic (exact) mass is 380 g/mol. The second-order valence-corrected chi connectivity index (χ2v) is 7.36. The molecular formula is C23H27FN3O+. The minimum atomic E-state index is -0.221. The Kier molecular flexibility index (Phi) is 5.93. The van der Waals surface area contributed by atoms with Crippen molar-refractivity contribution in [3.63, 3.8) is 0 Å². The number of anilines is 1. The topological polar surface area (TPSA) is 29.1 Å². The van der Waals surface area contributed by atoms with Gasteiger partial charge in [0.05, 0.1) is 0 Å². The van der Waals surface area contributed by atoms with Crippen LogP contribution >= 0.6 is 0 Å². The number of hydrogen-bond acceptors (Lipinski definition) is 2. The number of nitrogens with zero attached hydrogens (tertiary/aromatic N) is 3. The molecule has 0 N–H and O–H groups in total. The molecule has 0 aliphatic heterocycles. The van der Waals surface area contributed by atoms with Crippen LogP contribution in [0, 0.1) is 19.7 Å². The quantitative estimate of drug-likeness (QED) is 0.462. The van der Waals surface area contributed by atoms with Crippen LogP contribution in [0.2, 0.25) is 0 Å². The van der Waals surface area contributed by atoms with E-state index in [-0.39, 0.29) is 11.6 Å². The van der Waals surface area contributed by atoms with E-state index in [0.717, 1.165) is 41.2 Å². The van der Waals surface area contributed by atoms with Gasteiger partial charge in [-0.05, 0) is 44.0 Å². The van der Waals surface area contributed by atoms with Gasteiger partial charge in [-0.15, -0.1) is 0 Å². The zero-order chi connectivity index (χ0) is 20.3. The number of carbonyl (C=O) groups is 1. The van der Waals surface area contributed by atoms with E-state index in [1.807, 2.05) is 80.1 Å². The number of carbonyl (C=O) groups excluding carboxylic acids is 1. The smallest absolute Gasteiger partial charge is 0.229 e. The van der Waals surface area contributed by atoms with Gasteiger partial charge in [-0.3, -0.25) is 4.79 Å². The molecule has 2 heterocycles. The van der Waals surface area contributed by atoms with Gasteiger partial charge in [0, 0.05) is 55.4 Å². The molecule has 0 aliphatic rings. The normalized spacial score (nSPS) is 10.9. The Morgan fingerprint density at radius 2 is 1.71 bits per heavy atom. The number of benzene rings is 1. The summed E-state index contributed by atoms with van der Waals surface area (Å²) in [5.74, 6) is -0.121. The number of ketones is 1. The molecule has 0 amide bonds. The average Bonchev–Trinajstić information content (AvgIpc) is 2.96. The molecule has 1 aromatic carbocycles. The van der Waals surface area contributed by atoms with Crippen molar-refractivity contribution in [1.82, 2.24) is 4.57 Å². The van der Waals surface area contributed by atoms with Crippen molar-refractivity contribution in [3.8, 4) is 0 Å². The van der Waals surface area contributed by atoms with Crippen molar-refractivity contribution in [2.45, 2.75) is 33.4 Å². The number of hydrogen-bond donors (Lipinski definition) is 0. The third kappa shape index (κ3) is 4.47. The maximum atomic E-state index is 13.1. The third-order valence-electron chi connectivity index (χ3n) is 5.13. The van der Waals surface area contributed by atoms with Crippen LogP contribution in [0.3, 0.4) is 0 Å². The number of rotatable bonds is 7. The predicted octanol–water partition coefficient (Wildman–Crippen LogP) is 3.72. The molecule has 0 aliphatic carbocycles. The first-order chi connectivity index (χ1) is 13.3. The molecule has 0 saturated heterocycles. The lowest BCUT2D eigenvalue weighted by molar-refractivity contribution is -0.683. The highest BCUT2D eigenvalue weighted by atomic mass is 19.1. The fraction of sp³-hybridized carbons (Fsp3) is 0.304. The molecule has 2 aromatic heterocycles. The molecule has 28 heavy (non-hydrogen) atoms. The van der Waals surface area contributed by atoms with E-state index < -0.39 is 0 Å². The van der Waals surface area contributed by atoms with Crippen LogP contribution in [-0.4, -0.2) is 24.4 Å². The van der Waals surface area contributed by atoms with E-state index >= 15 is 0 Å². The van der Waals surface area contributed by atoms with Crippen LogP contribution in [0.4, 0.5) is 10.1 Å². The van der Waals surface area contributed by atoms with Gasteiger partial charge >= 0.3 is 0 Å². The van der Waals surface area contributed by atoms with Crippen molar-refractivity contribution in [1.29, 1.82) is 0 Å². The first-order valence-corrected chi connectivity index (χ1v) is 9.46. The Labute approximate surface area is 165 Å². The van der Waals surface area contributed by atoms with Gasteiger partial charge in [-0.2, -0.15) is 4.57 Å². The minimum Gasteiger partial charge on any atom is -0.377 e. The van der Waals surface area contributed by atoms with E-state index in [1.165, 1.54) is 12.1 Å². The lowest BCUT2D eigenvalue weighted by Crippen LogP contribution is -2.37. The maximum absolute atomic E-state index is 13.1. The van der Waals surface area contributed by atoms with Crippen LogP contribution in [0.25, 0.3) is 0 Å². The molecule has 0 spiro atoms. The summed E-state index contributed by atoms with van der Waals surface area (Å²) in [6, 6.07) is 12.6. The van der Waals surface area contributed by atoms with Gasteiger partial charge in [0.1, 0.15) is 5.82 Å². The summed E-state index contributed by atoms with van der Waals surface area (Å²) in [6.45, 7) is 5.09. The summed E-state index contributed by atoms with van der Waals surface area (Å²) >= 11 is 0. The van der Waals surface area contributed by atoms with Gasteiger partial charge in [0.25, 0.3) is 0 Å². The lowest BCUT2D eigenvalue weighted by Gasteiger charge is -2.10. The molecular weight excluding hydrogens is 353 g/mol. The first kappa shape index (κ1) is 19.8. The highest BCUT2D eigenvalue weighted by Crippen LogP contribution is 2.17. The van der Waals surface area contributed by atoms with Gasteiger partial charge in [0.15, 0.2) is 12.4 Å². The summed E-state index contributed by atoms with van der Waals surface area (Å²) in [4.78, 5) is 14.9. The molecule has 3 aromatic rings. The Morgan fingerprint density at radius 3 is 2.32 bits per heavy atom.